The number of phenolic OH excluding ortho intramolecular Hbond substituents is 1. The van der Waals surface area contributed by atoms with E-state index in [-0.39, 0.29) is 28.7 Å². The lowest BCUT2D eigenvalue weighted by molar-refractivity contribution is 0.0824. The fourth-order valence-electron chi connectivity index (χ4n) is 2.85. The van der Waals surface area contributed by atoms with Crippen LogP contribution in [0.25, 0.3) is 0 Å². The average Bonchev–Trinajstić information content (AvgIpc) is 3.23. The van der Waals surface area contributed by atoms with E-state index in [4.69, 9.17) is 4.42 Å². The molecule has 2 heterocycles. The van der Waals surface area contributed by atoms with Gasteiger partial charge in [0, 0.05) is 14.1 Å². The number of furan rings is 1. The van der Waals surface area contributed by atoms with Gasteiger partial charge in [0.2, 0.25) is 0 Å². The lowest BCUT2D eigenvalue weighted by Crippen LogP contribution is -2.31. The normalized spacial score (nSPS) is 17.3. The van der Waals surface area contributed by atoms with E-state index < -0.39 is 22.2 Å². The van der Waals surface area contributed by atoms with Crippen LogP contribution in [-0.2, 0) is 10.2 Å². The fraction of sp³-hybridized carbons (Fsp3) is 0.316. The molecular weight excluding hydrogens is 410 g/mol. The van der Waals surface area contributed by atoms with Crippen molar-refractivity contribution in [2.75, 3.05) is 19.4 Å². The van der Waals surface area contributed by atoms with Crippen molar-refractivity contribution in [3.05, 3.63) is 47.4 Å². The number of benzene rings is 1. The summed E-state index contributed by atoms with van der Waals surface area (Å²) >= 11 is 0. The first kappa shape index (κ1) is 21.4. The third-order valence-electron chi connectivity index (χ3n) is 4.34. The molecule has 0 fully saturated rings. The van der Waals surface area contributed by atoms with E-state index in [0.29, 0.717) is 12.2 Å². The molecule has 160 valence electrons. The summed E-state index contributed by atoms with van der Waals surface area (Å²) in [7, 11) is -0.869. The van der Waals surface area contributed by atoms with Gasteiger partial charge >= 0.3 is 10.2 Å². The van der Waals surface area contributed by atoms with Crippen LogP contribution in [0.3, 0.4) is 0 Å². The molecule has 0 aliphatic carbocycles. The predicted molar refractivity (Wildman–Crippen MR) is 113 cm³/mol. The first-order chi connectivity index (χ1) is 14.1. The fourth-order valence-corrected chi connectivity index (χ4v) is 3.66. The molecule has 0 saturated heterocycles. The van der Waals surface area contributed by atoms with Gasteiger partial charge in [-0.3, -0.25) is 9.79 Å². The molecule has 1 amide bonds. The molecular formula is C19H23N5O5S. The van der Waals surface area contributed by atoms with Gasteiger partial charge in [-0.2, -0.15) is 8.42 Å². The van der Waals surface area contributed by atoms with Crippen LogP contribution in [-0.4, -0.2) is 50.1 Å². The number of nitrogens with one attached hydrogen (secondary N) is 2. The Bertz CT molecular complexity index is 1130. The SMILES string of the molecule is CC[C@@H](N=C1NS(=O)(=O)N=C1Nc1cccc(C(=O)N(C)C)c1O)c1cc(C)co1. The molecule has 10 nitrogen and oxygen atoms in total. The maximum Gasteiger partial charge on any atom is 0.345 e. The Balaban J connectivity index is 1.96. The van der Waals surface area contributed by atoms with E-state index in [0.717, 1.165) is 5.56 Å². The summed E-state index contributed by atoms with van der Waals surface area (Å²) in [5.41, 5.74) is 1.11. The summed E-state index contributed by atoms with van der Waals surface area (Å²) in [5.74, 6) is -0.241. The number of aliphatic imine (C=N–C) groups is 1. The number of carbonyl (C=O) groups excluding carboxylic acids is 1. The number of anilines is 1. The van der Waals surface area contributed by atoms with E-state index >= 15 is 0 Å². The molecule has 3 N–H and O–H groups in total. The van der Waals surface area contributed by atoms with E-state index in [1.54, 1.807) is 26.4 Å². The topological polar surface area (TPSA) is 137 Å². The van der Waals surface area contributed by atoms with Gasteiger partial charge in [0.15, 0.2) is 17.4 Å². The zero-order valence-electron chi connectivity index (χ0n) is 17.0. The standard InChI is InChI=1S/C19H23N5O5S/c1-5-13(15-9-11(2)10-29-15)20-17-18(23-30(27,28)22-17)21-14-8-6-7-12(16(14)25)19(26)24(3)4/h6-10,13,25H,5H2,1-4H3,(H,20,22)(H,21,23)/t13-/m1/s1. The van der Waals surface area contributed by atoms with Crippen LogP contribution in [0.15, 0.2) is 44.3 Å². The minimum atomic E-state index is -3.99. The van der Waals surface area contributed by atoms with Crippen molar-refractivity contribution in [2.45, 2.75) is 26.3 Å². The molecule has 0 bridgehead atoms. The number of amidine groups is 2. The number of amides is 1. The molecule has 1 aliphatic rings. The van der Waals surface area contributed by atoms with Gasteiger partial charge in [-0.15, -0.1) is 4.40 Å². The second kappa shape index (κ2) is 8.19. The Morgan fingerprint density at radius 2 is 2.13 bits per heavy atom. The van der Waals surface area contributed by atoms with Crippen LogP contribution in [0, 0.1) is 6.92 Å². The van der Waals surface area contributed by atoms with Crippen molar-refractivity contribution in [1.29, 1.82) is 0 Å². The van der Waals surface area contributed by atoms with Gasteiger partial charge in [-0.1, -0.05) is 13.0 Å². The molecule has 0 unspecified atom stereocenters. The lowest BCUT2D eigenvalue weighted by atomic mass is 10.1. The molecule has 2 aromatic rings. The molecule has 1 atom stereocenters. The summed E-state index contributed by atoms with van der Waals surface area (Å²) < 4.78 is 35.5. The van der Waals surface area contributed by atoms with Crippen LogP contribution in [0.4, 0.5) is 5.69 Å². The molecule has 1 aromatic carbocycles. The van der Waals surface area contributed by atoms with Gasteiger partial charge < -0.3 is 19.7 Å². The maximum absolute atomic E-state index is 12.2. The van der Waals surface area contributed by atoms with Crippen LogP contribution in [0.1, 0.15) is 41.1 Å². The van der Waals surface area contributed by atoms with Gasteiger partial charge in [-0.05, 0) is 37.1 Å². The van der Waals surface area contributed by atoms with Crippen molar-refractivity contribution in [3.8, 4) is 5.75 Å². The summed E-state index contributed by atoms with van der Waals surface area (Å²) in [6.07, 6.45) is 2.15. The van der Waals surface area contributed by atoms with Crippen LogP contribution in [0.5, 0.6) is 5.75 Å². The first-order valence-electron chi connectivity index (χ1n) is 9.18. The van der Waals surface area contributed by atoms with E-state index in [2.05, 4.69) is 19.4 Å². The van der Waals surface area contributed by atoms with Crippen molar-refractivity contribution in [1.82, 2.24) is 9.62 Å². The molecule has 0 saturated carbocycles. The molecule has 11 heteroatoms. The summed E-state index contributed by atoms with van der Waals surface area (Å²) in [4.78, 5) is 18.0. The Hall–Kier alpha value is -3.34. The number of phenols is 1. The second-order valence-corrected chi connectivity index (χ2v) is 8.31. The number of nitrogens with zero attached hydrogens (tertiary/aromatic N) is 3. The zero-order chi connectivity index (χ0) is 22.1. The van der Waals surface area contributed by atoms with Crippen molar-refractivity contribution >= 4 is 33.5 Å². The summed E-state index contributed by atoms with van der Waals surface area (Å²) in [6, 6.07) is 5.92. The Labute approximate surface area is 174 Å². The highest BCUT2D eigenvalue weighted by Gasteiger charge is 2.29. The Morgan fingerprint density at radius 1 is 1.40 bits per heavy atom. The van der Waals surface area contributed by atoms with Crippen molar-refractivity contribution in [2.24, 2.45) is 9.39 Å². The van der Waals surface area contributed by atoms with E-state index in [1.165, 1.54) is 17.0 Å². The van der Waals surface area contributed by atoms with Crippen LogP contribution < -0.4 is 10.0 Å². The molecule has 0 spiro atoms. The number of rotatable bonds is 5. The molecule has 1 aliphatic heterocycles. The maximum atomic E-state index is 12.2. The minimum Gasteiger partial charge on any atom is -0.505 e. The highest BCUT2D eigenvalue weighted by Crippen LogP contribution is 2.29. The summed E-state index contributed by atoms with van der Waals surface area (Å²) in [6.45, 7) is 3.77. The smallest absolute Gasteiger partial charge is 0.345 e. The quantitative estimate of drug-likeness (QED) is 0.619. The van der Waals surface area contributed by atoms with Crippen LogP contribution in [0.2, 0.25) is 0 Å². The van der Waals surface area contributed by atoms with Crippen molar-refractivity contribution < 1.29 is 22.7 Å². The Kier molecular flexibility index (Phi) is 5.83. The van der Waals surface area contributed by atoms with E-state index in [9.17, 15) is 18.3 Å². The van der Waals surface area contributed by atoms with Gasteiger partial charge in [0.05, 0.1) is 17.5 Å². The molecule has 3 rings (SSSR count). The number of hydrogen-bond donors (Lipinski definition) is 3. The minimum absolute atomic E-state index is 0.0142. The first-order valence-corrected chi connectivity index (χ1v) is 10.6. The number of carbonyl (C=O) groups is 1. The highest BCUT2D eigenvalue weighted by molar-refractivity contribution is 7.89. The molecule has 1 aromatic heterocycles. The average molecular weight is 433 g/mol. The number of aryl methyl sites for hydroxylation is 1. The number of para-hydroxylation sites is 1. The largest absolute Gasteiger partial charge is 0.505 e. The van der Waals surface area contributed by atoms with Crippen LogP contribution >= 0.6 is 0 Å². The molecule has 0 radical (unpaired) electrons. The lowest BCUT2D eigenvalue weighted by Gasteiger charge is -2.15. The monoisotopic (exact) mass is 433 g/mol. The van der Waals surface area contributed by atoms with E-state index in [1.807, 2.05) is 19.9 Å². The highest BCUT2D eigenvalue weighted by atomic mass is 32.2. The summed E-state index contributed by atoms with van der Waals surface area (Å²) in [5, 5.41) is 13.3. The van der Waals surface area contributed by atoms with Gasteiger partial charge in [0.25, 0.3) is 5.91 Å². The number of hydrogen-bond acceptors (Lipinski definition) is 7. The van der Waals surface area contributed by atoms with Gasteiger partial charge in [-0.25, -0.2) is 4.72 Å². The third-order valence-corrected chi connectivity index (χ3v) is 5.21. The molecule has 30 heavy (non-hydrogen) atoms. The third kappa shape index (κ3) is 4.46. The zero-order valence-corrected chi connectivity index (χ0v) is 17.8. The van der Waals surface area contributed by atoms with Crippen molar-refractivity contribution in [3.63, 3.8) is 0 Å². The number of aromatic hydroxyl groups is 1. The van der Waals surface area contributed by atoms with Gasteiger partial charge in [0.1, 0.15) is 11.8 Å². The predicted octanol–water partition coefficient (Wildman–Crippen LogP) is 2.20. The second-order valence-electron chi connectivity index (χ2n) is 6.97. The Morgan fingerprint density at radius 3 is 2.73 bits per heavy atom.